The molecule has 0 bridgehead atoms. The van der Waals surface area contributed by atoms with Gasteiger partial charge in [-0.3, -0.25) is 4.79 Å². The Hall–Kier alpha value is -1.39. The zero-order valence-electron chi connectivity index (χ0n) is 12.7. The second kappa shape index (κ2) is 8.02. The molecule has 0 saturated heterocycles. The highest BCUT2D eigenvalue weighted by atomic mass is 16.5. The SMILES string of the molecule is CCOC(=O)C(C)NCC(O)c1ccc(C(C)C)cc1. The molecular formula is C16H25NO3. The van der Waals surface area contributed by atoms with Gasteiger partial charge in [0.1, 0.15) is 6.04 Å². The highest BCUT2D eigenvalue weighted by Crippen LogP contribution is 2.18. The van der Waals surface area contributed by atoms with Crippen LogP contribution in [0.2, 0.25) is 0 Å². The van der Waals surface area contributed by atoms with Gasteiger partial charge in [-0.1, -0.05) is 38.1 Å². The number of esters is 1. The molecule has 112 valence electrons. The first-order valence-corrected chi connectivity index (χ1v) is 7.13. The van der Waals surface area contributed by atoms with Crippen LogP contribution in [0.5, 0.6) is 0 Å². The Morgan fingerprint density at radius 1 is 1.20 bits per heavy atom. The summed E-state index contributed by atoms with van der Waals surface area (Å²) in [6.45, 7) is 8.45. The smallest absolute Gasteiger partial charge is 0.322 e. The van der Waals surface area contributed by atoms with E-state index in [9.17, 15) is 9.90 Å². The Bertz CT molecular complexity index is 414. The molecule has 1 aromatic carbocycles. The quantitative estimate of drug-likeness (QED) is 0.752. The van der Waals surface area contributed by atoms with Crippen LogP contribution in [-0.4, -0.2) is 30.3 Å². The normalized spacial score (nSPS) is 14.1. The van der Waals surface area contributed by atoms with E-state index in [2.05, 4.69) is 19.2 Å². The molecule has 4 heteroatoms. The van der Waals surface area contributed by atoms with Gasteiger partial charge in [0.25, 0.3) is 0 Å². The first-order chi connectivity index (χ1) is 9.45. The molecule has 0 radical (unpaired) electrons. The van der Waals surface area contributed by atoms with Crippen molar-refractivity contribution in [3.63, 3.8) is 0 Å². The van der Waals surface area contributed by atoms with Crippen LogP contribution >= 0.6 is 0 Å². The summed E-state index contributed by atoms with van der Waals surface area (Å²) in [4.78, 5) is 11.4. The molecule has 1 aromatic rings. The van der Waals surface area contributed by atoms with Crippen molar-refractivity contribution in [1.82, 2.24) is 5.32 Å². The Labute approximate surface area is 121 Å². The van der Waals surface area contributed by atoms with Crippen LogP contribution in [-0.2, 0) is 9.53 Å². The lowest BCUT2D eigenvalue weighted by Crippen LogP contribution is -2.37. The summed E-state index contributed by atoms with van der Waals surface area (Å²) in [5, 5.41) is 13.1. The van der Waals surface area contributed by atoms with Crippen LogP contribution in [0.4, 0.5) is 0 Å². The average Bonchev–Trinajstić information content (AvgIpc) is 2.44. The minimum atomic E-state index is -0.631. The number of carbonyl (C=O) groups is 1. The fourth-order valence-electron chi connectivity index (χ4n) is 1.86. The number of hydrogen-bond acceptors (Lipinski definition) is 4. The topological polar surface area (TPSA) is 58.6 Å². The van der Waals surface area contributed by atoms with Gasteiger partial charge in [0.2, 0.25) is 0 Å². The van der Waals surface area contributed by atoms with E-state index in [0.29, 0.717) is 19.1 Å². The van der Waals surface area contributed by atoms with Gasteiger partial charge in [-0.15, -0.1) is 0 Å². The number of rotatable bonds is 7. The van der Waals surface area contributed by atoms with Crippen molar-refractivity contribution in [3.8, 4) is 0 Å². The molecule has 0 aliphatic heterocycles. The zero-order chi connectivity index (χ0) is 15.1. The highest BCUT2D eigenvalue weighted by Gasteiger charge is 2.15. The third-order valence-electron chi connectivity index (χ3n) is 3.25. The van der Waals surface area contributed by atoms with Crippen molar-refractivity contribution < 1.29 is 14.6 Å². The Morgan fingerprint density at radius 3 is 2.25 bits per heavy atom. The van der Waals surface area contributed by atoms with Gasteiger partial charge in [-0.2, -0.15) is 0 Å². The van der Waals surface area contributed by atoms with Gasteiger partial charge in [0.05, 0.1) is 12.7 Å². The number of aliphatic hydroxyl groups excluding tert-OH is 1. The first kappa shape index (κ1) is 16.7. The van der Waals surface area contributed by atoms with Crippen molar-refractivity contribution in [2.24, 2.45) is 0 Å². The van der Waals surface area contributed by atoms with Gasteiger partial charge in [-0.05, 0) is 30.9 Å². The fraction of sp³-hybridized carbons (Fsp3) is 0.562. The van der Waals surface area contributed by atoms with Crippen molar-refractivity contribution in [2.45, 2.75) is 45.8 Å². The summed E-state index contributed by atoms with van der Waals surface area (Å²) < 4.78 is 4.90. The molecule has 0 aliphatic rings. The number of carbonyl (C=O) groups excluding carboxylic acids is 1. The van der Waals surface area contributed by atoms with Crippen molar-refractivity contribution in [2.75, 3.05) is 13.2 Å². The van der Waals surface area contributed by atoms with Crippen molar-refractivity contribution in [1.29, 1.82) is 0 Å². The Morgan fingerprint density at radius 2 is 1.75 bits per heavy atom. The van der Waals surface area contributed by atoms with E-state index < -0.39 is 12.1 Å². The third kappa shape index (κ3) is 4.94. The summed E-state index contributed by atoms with van der Waals surface area (Å²) in [5.74, 6) is 0.179. The molecule has 0 fully saturated rings. The maximum absolute atomic E-state index is 11.4. The lowest BCUT2D eigenvalue weighted by Gasteiger charge is -2.17. The van der Waals surface area contributed by atoms with Crippen molar-refractivity contribution in [3.05, 3.63) is 35.4 Å². The summed E-state index contributed by atoms with van der Waals surface area (Å²) in [6, 6.07) is 7.49. The largest absolute Gasteiger partial charge is 0.465 e. The lowest BCUT2D eigenvalue weighted by molar-refractivity contribution is -0.145. The second-order valence-electron chi connectivity index (χ2n) is 5.22. The van der Waals surface area contributed by atoms with Gasteiger partial charge < -0.3 is 15.2 Å². The van der Waals surface area contributed by atoms with E-state index in [4.69, 9.17) is 4.74 Å². The van der Waals surface area contributed by atoms with E-state index in [0.717, 1.165) is 5.56 Å². The molecule has 2 atom stereocenters. The molecule has 0 aromatic heterocycles. The summed E-state index contributed by atoms with van der Waals surface area (Å²) in [6.07, 6.45) is -0.631. The molecule has 1 rings (SSSR count). The Balaban J connectivity index is 2.50. The highest BCUT2D eigenvalue weighted by molar-refractivity contribution is 5.75. The maximum Gasteiger partial charge on any atom is 0.322 e. The summed E-state index contributed by atoms with van der Waals surface area (Å²) in [5.41, 5.74) is 2.09. The molecule has 0 aliphatic carbocycles. The molecule has 20 heavy (non-hydrogen) atoms. The predicted molar refractivity (Wildman–Crippen MR) is 79.6 cm³/mol. The molecule has 0 saturated carbocycles. The van der Waals surface area contributed by atoms with E-state index in [-0.39, 0.29) is 5.97 Å². The number of nitrogens with one attached hydrogen (secondary N) is 1. The fourth-order valence-corrected chi connectivity index (χ4v) is 1.86. The van der Waals surface area contributed by atoms with Crippen LogP contribution in [0.15, 0.2) is 24.3 Å². The predicted octanol–water partition coefficient (Wildman–Crippen LogP) is 2.38. The van der Waals surface area contributed by atoms with Crippen molar-refractivity contribution >= 4 is 5.97 Å². The van der Waals surface area contributed by atoms with Crippen LogP contribution in [0.1, 0.15) is 50.8 Å². The van der Waals surface area contributed by atoms with E-state index in [1.807, 2.05) is 24.3 Å². The number of hydrogen-bond donors (Lipinski definition) is 2. The first-order valence-electron chi connectivity index (χ1n) is 7.13. The molecule has 0 spiro atoms. The second-order valence-corrected chi connectivity index (χ2v) is 5.22. The van der Waals surface area contributed by atoms with E-state index >= 15 is 0 Å². The van der Waals surface area contributed by atoms with Gasteiger partial charge in [0.15, 0.2) is 0 Å². The molecule has 2 unspecified atom stereocenters. The summed E-state index contributed by atoms with van der Waals surface area (Å²) >= 11 is 0. The third-order valence-corrected chi connectivity index (χ3v) is 3.25. The molecule has 0 heterocycles. The minimum absolute atomic E-state index is 0.296. The molecular weight excluding hydrogens is 254 g/mol. The molecule has 2 N–H and O–H groups in total. The molecule has 4 nitrogen and oxygen atoms in total. The number of aliphatic hydroxyl groups is 1. The van der Waals surface area contributed by atoms with Crippen LogP contribution in [0.25, 0.3) is 0 Å². The van der Waals surface area contributed by atoms with Gasteiger partial charge >= 0.3 is 5.97 Å². The van der Waals surface area contributed by atoms with Crippen LogP contribution in [0.3, 0.4) is 0 Å². The number of ether oxygens (including phenoxy) is 1. The van der Waals surface area contributed by atoms with Crippen LogP contribution in [0, 0.1) is 0 Å². The molecule has 0 amide bonds. The maximum atomic E-state index is 11.4. The zero-order valence-corrected chi connectivity index (χ0v) is 12.7. The number of benzene rings is 1. The summed E-state index contributed by atoms with van der Waals surface area (Å²) in [7, 11) is 0. The standard InChI is InChI=1S/C16H25NO3/c1-5-20-16(19)12(4)17-10-15(18)14-8-6-13(7-9-14)11(2)3/h6-9,11-12,15,17-18H,5,10H2,1-4H3. The monoisotopic (exact) mass is 279 g/mol. The van der Waals surface area contributed by atoms with Crippen LogP contribution < -0.4 is 5.32 Å². The minimum Gasteiger partial charge on any atom is -0.465 e. The van der Waals surface area contributed by atoms with E-state index in [1.54, 1.807) is 13.8 Å². The van der Waals surface area contributed by atoms with Gasteiger partial charge in [0, 0.05) is 6.54 Å². The average molecular weight is 279 g/mol. The Kier molecular flexibility index (Phi) is 6.68. The lowest BCUT2D eigenvalue weighted by atomic mass is 10.00. The van der Waals surface area contributed by atoms with Gasteiger partial charge in [-0.25, -0.2) is 0 Å². The van der Waals surface area contributed by atoms with E-state index in [1.165, 1.54) is 5.56 Å².